The quantitative estimate of drug-likeness (QED) is 0.919. The topological polar surface area (TPSA) is 56.2 Å². The van der Waals surface area contributed by atoms with E-state index in [1.807, 2.05) is 0 Å². The minimum Gasteiger partial charge on any atom is -0.376 e. The molecule has 25 heavy (non-hydrogen) atoms. The molecule has 2 heterocycles. The van der Waals surface area contributed by atoms with Crippen LogP contribution in [0.15, 0.2) is 30.5 Å². The van der Waals surface area contributed by atoms with Gasteiger partial charge >= 0.3 is 6.18 Å². The van der Waals surface area contributed by atoms with E-state index in [1.54, 1.807) is 25.1 Å². The van der Waals surface area contributed by atoms with Crippen LogP contribution in [-0.2, 0) is 10.9 Å². The third-order valence-electron chi connectivity index (χ3n) is 4.04. The normalized spacial score (nSPS) is 17.7. The number of hydrogen-bond donors (Lipinski definition) is 1. The molecule has 134 valence electrons. The first-order valence-corrected chi connectivity index (χ1v) is 7.98. The van der Waals surface area contributed by atoms with Crippen LogP contribution in [-0.4, -0.2) is 34.9 Å². The highest BCUT2D eigenvalue weighted by Crippen LogP contribution is 2.33. The van der Waals surface area contributed by atoms with Crippen LogP contribution >= 0.6 is 0 Å². The molecule has 1 N–H and O–H groups in total. The number of rotatable bonds is 4. The predicted octanol–water partition coefficient (Wildman–Crippen LogP) is 3.11. The van der Waals surface area contributed by atoms with E-state index in [2.05, 4.69) is 10.4 Å². The molecule has 1 atom stereocenters. The Bertz CT molecular complexity index is 765. The number of ether oxygens (including phenoxy) is 1. The molecular formula is C17H18F3N3O2. The van der Waals surface area contributed by atoms with Crippen molar-refractivity contribution in [1.82, 2.24) is 15.1 Å². The molecule has 0 aliphatic carbocycles. The fourth-order valence-electron chi connectivity index (χ4n) is 2.85. The van der Waals surface area contributed by atoms with Crippen molar-refractivity contribution in [3.05, 3.63) is 47.3 Å². The fraction of sp³-hybridized carbons (Fsp3) is 0.412. The molecule has 3 rings (SSSR count). The van der Waals surface area contributed by atoms with Gasteiger partial charge in [0, 0.05) is 13.2 Å². The first kappa shape index (κ1) is 17.5. The third kappa shape index (κ3) is 3.84. The zero-order chi connectivity index (χ0) is 18.0. The Morgan fingerprint density at radius 1 is 1.44 bits per heavy atom. The van der Waals surface area contributed by atoms with Crippen molar-refractivity contribution in [3.8, 4) is 5.69 Å². The molecule has 1 aromatic heterocycles. The average molecular weight is 353 g/mol. The first-order chi connectivity index (χ1) is 11.9. The molecular weight excluding hydrogens is 335 g/mol. The monoisotopic (exact) mass is 353 g/mol. The molecule has 8 heteroatoms. The van der Waals surface area contributed by atoms with Crippen LogP contribution in [0.4, 0.5) is 13.2 Å². The Morgan fingerprint density at radius 3 is 2.88 bits per heavy atom. The predicted molar refractivity (Wildman–Crippen MR) is 84.6 cm³/mol. The Morgan fingerprint density at radius 2 is 2.24 bits per heavy atom. The summed E-state index contributed by atoms with van der Waals surface area (Å²) in [4.78, 5) is 12.3. The number of alkyl halides is 3. The number of hydrogen-bond acceptors (Lipinski definition) is 3. The van der Waals surface area contributed by atoms with Crippen LogP contribution in [0.3, 0.4) is 0 Å². The van der Waals surface area contributed by atoms with Crippen LogP contribution in [0.2, 0.25) is 0 Å². The molecule has 1 fully saturated rings. The van der Waals surface area contributed by atoms with E-state index in [1.165, 1.54) is 6.07 Å². The molecule has 0 radical (unpaired) electrons. The zero-order valence-corrected chi connectivity index (χ0v) is 13.6. The highest BCUT2D eigenvalue weighted by atomic mass is 19.4. The van der Waals surface area contributed by atoms with Crippen molar-refractivity contribution in [3.63, 3.8) is 0 Å². The van der Waals surface area contributed by atoms with Gasteiger partial charge in [0.25, 0.3) is 5.91 Å². The minimum absolute atomic E-state index is 0.148. The lowest BCUT2D eigenvalue weighted by atomic mass is 10.2. The second kappa shape index (κ2) is 6.87. The summed E-state index contributed by atoms with van der Waals surface area (Å²) in [7, 11) is 0. The van der Waals surface area contributed by atoms with Gasteiger partial charge in [0.1, 0.15) is 0 Å². The van der Waals surface area contributed by atoms with Crippen molar-refractivity contribution in [2.45, 2.75) is 32.0 Å². The maximum absolute atomic E-state index is 13.6. The summed E-state index contributed by atoms with van der Waals surface area (Å²) < 4.78 is 46.8. The Balaban J connectivity index is 1.90. The number of benzene rings is 1. The molecule has 1 aliphatic rings. The summed E-state index contributed by atoms with van der Waals surface area (Å²) in [5.74, 6) is -0.804. The molecule has 2 aromatic rings. The van der Waals surface area contributed by atoms with Gasteiger partial charge in [-0.15, -0.1) is 0 Å². The van der Waals surface area contributed by atoms with Crippen LogP contribution in [0.5, 0.6) is 0 Å². The molecule has 0 bridgehead atoms. The van der Waals surface area contributed by atoms with Gasteiger partial charge in [-0.1, -0.05) is 12.1 Å². The van der Waals surface area contributed by atoms with E-state index < -0.39 is 23.3 Å². The Kier molecular flexibility index (Phi) is 4.80. The van der Waals surface area contributed by atoms with Crippen LogP contribution in [0.1, 0.15) is 34.5 Å². The minimum atomic E-state index is -4.71. The number of carbonyl (C=O) groups is 1. The average Bonchev–Trinajstić information content (AvgIpc) is 3.21. The van der Waals surface area contributed by atoms with E-state index >= 15 is 0 Å². The molecule has 1 unspecified atom stereocenters. The second-order valence-electron chi connectivity index (χ2n) is 6.00. The SMILES string of the molecule is Cc1cccc(-n2ncc(C(=O)NCC3CCCO3)c2C(F)(F)F)c1. The number of nitrogens with zero attached hydrogens (tertiary/aromatic N) is 2. The van der Waals surface area contributed by atoms with Gasteiger partial charge < -0.3 is 10.1 Å². The molecule has 1 amide bonds. The summed E-state index contributed by atoms with van der Waals surface area (Å²) in [5.41, 5.74) is -0.522. The lowest BCUT2D eigenvalue weighted by Crippen LogP contribution is -2.33. The van der Waals surface area contributed by atoms with Crippen LogP contribution < -0.4 is 5.32 Å². The molecule has 0 spiro atoms. The van der Waals surface area contributed by atoms with Gasteiger partial charge in [-0.05, 0) is 37.5 Å². The standard InChI is InChI=1S/C17H18F3N3O2/c1-11-4-2-5-12(8-11)23-15(17(18,19)20)14(10-22-23)16(24)21-9-13-6-3-7-25-13/h2,4-5,8,10,13H,3,6-7,9H2,1H3,(H,21,24). The van der Waals surface area contributed by atoms with Gasteiger partial charge in [0.05, 0.1) is 23.6 Å². The van der Waals surface area contributed by atoms with Crippen molar-refractivity contribution < 1.29 is 22.7 Å². The Hall–Kier alpha value is -2.35. The third-order valence-corrected chi connectivity index (χ3v) is 4.04. The van der Waals surface area contributed by atoms with Crippen LogP contribution in [0.25, 0.3) is 5.69 Å². The first-order valence-electron chi connectivity index (χ1n) is 7.98. The summed E-state index contributed by atoms with van der Waals surface area (Å²) >= 11 is 0. The van der Waals surface area contributed by atoms with Gasteiger partial charge in [0.15, 0.2) is 5.69 Å². The van der Waals surface area contributed by atoms with Crippen molar-refractivity contribution in [2.24, 2.45) is 0 Å². The maximum atomic E-state index is 13.6. The second-order valence-corrected chi connectivity index (χ2v) is 6.00. The fourth-order valence-corrected chi connectivity index (χ4v) is 2.85. The summed E-state index contributed by atoms with van der Waals surface area (Å²) in [6, 6.07) is 6.51. The van der Waals surface area contributed by atoms with E-state index in [9.17, 15) is 18.0 Å². The maximum Gasteiger partial charge on any atom is 0.434 e. The van der Waals surface area contributed by atoms with Gasteiger partial charge in [-0.3, -0.25) is 4.79 Å². The summed E-state index contributed by atoms with van der Waals surface area (Å²) in [6.45, 7) is 2.57. The summed E-state index contributed by atoms with van der Waals surface area (Å²) in [5, 5.41) is 6.31. The lowest BCUT2D eigenvalue weighted by molar-refractivity contribution is -0.143. The highest BCUT2D eigenvalue weighted by molar-refractivity contribution is 5.95. The Labute approximate surface area is 142 Å². The van der Waals surface area contributed by atoms with Crippen molar-refractivity contribution in [1.29, 1.82) is 0 Å². The van der Waals surface area contributed by atoms with E-state index in [-0.39, 0.29) is 18.3 Å². The lowest BCUT2D eigenvalue weighted by Gasteiger charge is -2.14. The van der Waals surface area contributed by atoms with E-state index in [0.717, 1.165) is 29.3 Å². The van der Waals surface area contributed by atoms with Gasteiger partial charge in [-0.25, -0.2) is 4.68 Å². The zero-order valence-electron chi connectivity index (χ0n) is 13.6. The number of aryl methyl sites for hydroxylation is 1. The van der Waals surface area contributed by atoms with Crippen molar-refractivity contribution >= 4 is 5.91 Å². The highest BCUT2D eigenvalue weighted by Gasteiger charge is 2.40. The summed E-state index contributed by atoms with van der Waals surface area (Å²) in [6.07, 6.45) is -2.23. The molecule has 0 saturated carbocycles. The molecule has 1 aliphatic heterocycles. The largest absolute Gasteiger partial charge is 0.434 e. The molecule has 5 nitrogen and oxygen atoms in total. The van der Waals surface area contributed by atoms with Gasteiger partial charge in [-0.2, -0.15) is 18.3 Å². The number of carbonyl (C=O) groups excluding carboxylic acids is 1. The van der Waals surface area contributed by atoms with Crippen LogP contribution in [0, 0.1) is 6.92 Å². The smallest absolute Gasteiger partial charge is 0.376 e. The number of aromatic nitrogens is 2. The molecule has 1 saturated heterocycles. The number of halogens is 3. The number of nitrogens with one attached hydrogen (secondary N) is 1. The molecule has 1 aromatic carbocycles. The van der Waals surface area contributed by atoms with Crippen molar-refractivity contribution in [2.75, 3.05) is 13.2 Å². The number of amides is 1. The van der Waals surface area contributed by atoms with E-state index in [0.29, 0.717) is 6.61 Å². The van der Waals surface area contributed by atoms with E-state index in [4.69, 9.17) is 4.74 Å². The van der Waals surface area contributed by atoms with Gasteiger partial charge in [0.2, 0.25) is 0 Å².